The molecule has 46 heavy (non-hydrogen) atoms. The third-order valence-corrected chi connectivity index (χ3v) is 11.9. The average molecular weight is 747 g/mol. The molecule has 2 atom stereocenters. The maximum atomic E-state index is 9.87. The van der Waals surface area contributed by atoms with Crippen LogP contribution in [0.2, 0.25) is 0 Å². The summed E-state index contributed by atoms with van der Waals surface area (Å²) in [6.07, 6.45) is 0. The standard InChI is InChI=1S/C28H24O2S2.2F6P/c1-19(31-25-15-7-3-11-21(25)29-22-12-4-8-16-26(22)31)20(2)32-27-17-9-5-13-23(27)30-24-14-6-10-18-28(24)32;2*1-7(2,3,4,5)6/h3-20H,1-2H3;;/q+2;2*-1/t19-,20-;;/m0../s1. The summed E-state index contributed by atoms with van der Waals surface area (Å²) in [5, 5.41) is 0.840. The van der Waals surface area contributed by atoms with Crippen LogP contribution in [0.25, 0.3) is 0 Å². The number of hydrogen-bond acceptors (Lipinski definition) is 2. The van der Waals surface area contributed by atoms with Gasteiger partial charge in [0.1, 0.15) is 0 Å². The van der Waals surface area contributed by atoms with Gasteiger partial charge in [-0.1, -0.05) is 48.5 Å². The van der Waals surface area contributed by atoms with Crippen LogP contribution < -0.4 is 9.47 Å². The minimum absolute atomic E-state index is 0.0835. The molecular formula is C28H24F12O2P2S2. The van der Waals surface area contributed by atoms with Gasteiger partial charge in [0.25, 0.3) is 0 Å². The van der Waals surface area contributed by atoms with Gasteiger partial charge in [-0.05, 0) is 62.4 Å². The molecule has 4 aromatic carbocycles. The van der Waals surface area contributed by atoms with Crippen molar-refractivity contribution in [2.45, 2.75) is 43.9 Å². The number of para-hydroxylation sites is 4. The first-order valence-corrected chi connectivity index (χ1v) is 19.6. The molecule has 6 rings (SSSR count). The van der Waals surface area contributed by atoms with Crippen molar-refractivity contribution in [3.8, 4) is 23.0 Å². The van der Waals surface area contributed by atoms with Crippen LogP contribution in [0.15, 0.2) is 117 Å². The molecule has 2 heterocycles. The summed E-state index contributed by atoms with van der Waals surface area (Å²) in [4.78, 5) is 5.24. The molecule has 254 valence electrons. The molecule has 2 aliphatic heterocycles. The fourth-order valence-corrected chi connectivity index (χ4v) is 10.2. The summed E-state index contributed by atoms with van der Waals surface area (Å²) in [5.41, 5.74) is 0. The van der Waals surface area contributed by atoms with E-state index in [2.05, 4.69) is 111 Å². The molecule has 0 unspecified atom stereocenters. The Morgan fingerprint density at radius 2 is 0.565 bits per heavy atom. The van der Waals surface area contributed by atoms with Crippen LogP contribution in [0, 0.1) is 0 Å². The molecule has 4 aromatic rings. The van der Waals surface area contributed by atoms with Crippen molar-refractivity contribution in [3.05, 3.63) is 97.1 Å². The fraction of sp³-hybridized carbons (Fsp3) is 0.143. The SMILES string of the molecule is C[C@@H]([C@H](C)[S+]1c2ccccc2Oc2ccccc21)[S+]1c2ccccc2Oc2ccccc21.F[P-](F)(F)(F)(F)F.F[P-](F)(F)(F)(F)F. The first-order chi connectivity index (χ1) is 20.6. The molecule has 0 aromatic heterocycles. The van der Waals surface area contributed by atoms with Crippen molar-refractivity contribution in [2.24, 2.45) is 0 Å². The van der Waals surface area contributed by atoms with Gasteiger partial charge in [-0.2, -0.15) is 0 Å². The molecular weight excluding hydrogens is 722 g/mol. The fourth-order valence-electron chi connectivity index (χ4n) is 4.52. The number of fused-ring (bicyclic) bond motifs is 4. The quantitative estimate of drug-likeness (QED) is 0.118. The molecule has 0 N–H and O–H groups in total. The van der Waals surface area contributed by atoms with Gasteiger partial charge in [0, 0.05) is 0 Å². The molecule has 18 heteroatoms. The summed E-state index contributed by atoms with van der Waals surface area (Å²) < 4.78 is 131. The van der Waals surface area contributed by atoms with E-state index < -0.39 is 15.6 Å². The van der Waals surface area contributed by atoms with E-state index in [0.717, 1.165) is 23.0 Å². The first-order valence-electron chi connectivity index (χ1n) is 12.9. The first kappa shape index (κ1) is 36.0. The molecule has 0 amide bonds. The Morgan fingerprint density at radius 3 is 0.761 bits per heavy atom. The predicted octanol–water partition coefficient (Wildman–Crippen LogP) is 14.2. The molecule has 0 aliphatic carbocycles. The molecule has 0 saturated carbocycles. The van der Waals surface area contributed by atoms with Crippen molar-refractivity contribution in [1.82, 2.24) is 0 Å². The summed E-state index contributed by atoms with van der Waals surface area (Å²) in [5.74, 6) is 3.96. The number of rotatable bonds is 3. The van der Waals surface area contributed by atoms with Gasteiger partial charge in [0.15, 0.2) is 33.5 Å². The summed E-state index contributed by atoms with van der Waals surface area (Å²) in [6.45, 7) is 4.83. The van der Waals surface area contributed by atoms with Crippen LogP contribution >= 0.6 is 15.6 Å². The zero-order valence-corrected chi connectivity index (χ0v) is 26.9. The second-order valence-electron chi connectivity index (χ2n) is 9.99. The van der Waals surface area contributed by atoms with E-state index in [4.69, 9.17) is 9.47 Å². The van der Waals surface area contributed by atoms with Gasteiger partial charge in [-0.3, -0.25) is 0 Å². The van der Waals surface area contributed by atoms with E-state index in [1.807, 2.05) is 0 Å². The number of hydrogen-bond donors (Lipinski definition) is 0. The Kier molecular flexibility index (Phi) is 8.51. The minimum atomic E-state index is -10.7. The van der Waals surface area contributed by atoms with Crippen molar-refractivity contribution in [3.63, 3.8) is 0 Å². The van der Waals surface area contributed by atoms with E-state index in [0.29, 0.717) is 10.5 Å². The molecule has 0 radical (unpaired) electrons. The van der Waals surface area contributed by atoms with E-state index >= 15 is 0 Å². The van der Waals surface area contributed by atoms with Gasteiger partial charge < -0.3 is 9.47 Å². The Morgan fingerprint density at radius 1 is 0.391 bits per heavy atom. The van der Waals surface area contributed by atoms with Crippen LogP contribution in [-0.4, -0.2) is 10.5 Å². The number of halogens is 12. The van der Waals surface area contributed by atoms with Crippen molar-refractivity contribution in [2.75, 3.05) is 0 Å². The predicted molar refractivity (Wildman–Crippen MR) is 160 cm³/mol. The number of ether oxygens (including phenoxy) is 2. The van der Waals surface area contributed by atoms with Gasteiger partial charge >= 0.3 is 66.0 Å². The Balaban J connectivity index is 0.000000289. The topological polar surface area (TPSA) is 18.5 Å². The molecule has 0 bridgehead atoms. The number of benzene rings is 4. The Labute approximate surface area is 260 Å². The van der Waals surface area contributed by atoms with Gasteiger partial charge in [-0.25, -0.2) is 0 Å². The molecule has 0 saturated heterocycles. The summed E-state index contributed by atoms with van der Waals surface area (Å²) >= 11 is 0. The van der Waals surface area contributed by atoms with E-state index in [1.54, 1.807) is 0 Å². The zero-order chi connectivity index (χ0) is 34.5. The molecule has 2 nitrogen and oxygen atoms in total. The van der Waals surface area contributed by atoms with Crippen LogP contribution in [0.4, 0.5) is 50.4 Å². The second-order valence-corrected chi connectivity index (χ2v) is 18.4. The van der Waals surface area contributed by atoms with Crippen LogP contribution in [0.3, 0.4) is 0 Å². The molecule has 2 aliphatic rings. The van der Waals surface area contributed by atoms with Crippen molar-refractivity contribution >= 4 is 37.4 Å². The van der Waals surface area contributed by atoms with Gasteiger partial charge in [0.2, 0.25) is 19.6 Å². The third kappa shape index (κ3) is 11.2. The van der Waals surface area contributed by atoms with Gasteiger partial charge in [0.05, 0.1) is 21.8 Å². The molecule has 0 fully saturated rings. The van der Waals surface area contributed by atoms with Crippen LogP contribution in [-0.2, 0) is 21.8 Å². The zero-order valence-electron chi connectivity index (χ0n) is 23.5. The van der Waals surface area contributed by atoms with Crippen molar-refractivity contribution in [1.29, 1.82) is 0 Å². The third-order valence-electron chi connectivity index (χ3n) is 6.19. The van der Waals surface area contributed by atoms with Gasteiger partial charge in [-0.15, -0.1) is 0 Å². The average Bonchev–Trinajstić information content (AvgIpc) is 2.90. The summed E-state index contributed by atoms with van der Waals surface area (Å²) in [6, 6.07) is 34.2. The normalized spacial score (nSPS) is 18.5. The maximum absolute atomic E-state index is 10.7. The van der Waals surface area contributed by atoms with Crippen LogP contribution in [0.1, 0.15) is 13.8 Å². The Hall–Kier alpha value is -2.80. The molecule has 0 spiro atoms. The van der Waals surface area contributed by atoms with Crippen LogP contribution in [0.5, 0.6) is 23.0 Å². The van der Waals surface area contributed by atoms with Crippen molar-refractivity contribution < 1.29 is 59.8 Å². The second kappa shape index (κ2) is 10.9. The van der Waals surface area contributed by atoms with E-state index in [-0.39, 0.29) is 21.8 Å². The summed E-state index contributed by atoms with van der Waals surface area (Å²) in [7, 11) is -21.5. The van der Waals surface area contributed by atoms with E-state index in [1.165, 1.54) is 19.6 Å². The van der Waals surface area contributed by atoms with E-state index in [9.17, 15) is 50.4 Å². The monoisotopic (exact) mass is 746 g/mol. The Bertz CT molecular complexity index is 1510.